The zero-order valence-electron chi connectivity index (χ0n) is 18.7. The molecule has 1 aliphatic heterocycles. The fourth-order valence-electron chi connectivity index (χ4n) is 3.55. The van der Waals surface area contributed by atoms with Crippen molar-refractivity contribution in [3.63, 3.8) is 0 Å². The molecule has 0 spiro atoms. The highest BCUT2D eigenvalue weighted by molar-refractivity contribution is 6.30. The Morgan fingerprint density at radius 1 is 1.33 bits per heavy atom. The van der Waals surface area contributed by atoms with E-state index in [2.05, 4.69) is 17.4 Å². The van der Waals surface area contributed by atoms with Gasteiger partial charge in [0.1, 0.15) is 11.9 Å². The molecule has 8 heteroatoms. The quantitative estimate of drug-likeness (QED) is 0.250. The van der Waals surface area contributed by atoms with Gasteiger partial charge in [0.25, 0.3) is 5.91 Å². The molecule has 0 fully saturated rings. The van der Waals surface area contributed by atoms with Crippen molar-refractivity contribution in [2.45, 2.75) is 37.8 Å². The van der Waals surface area contributed by atoms with Gasteiger partial charge in [0.05, 0.1) is 6.61 Å². The standard InChI is InChI=1S/C25H30ClN3O4/c1-3-13-25(24(31)29-27-14-12-19-6-4-7-21(26)17-19)18(2)33-23(28-25)20-8-10-22(11-9-20)32-16-5-15-30/h3-4,6-11,17-18,27,30H,1,5,12-16H2,2H3,(H,29,31)/t18-,25-/m0/s1. The van der Waals surface area contributed by atoms with Crippen molar-refractivity contribution in [1.82, 2.24) is 10.9 Å². The molecule has 1 amide bonds. The molecule has 0 saturated heterocycles. The maximum absolute atomic E-state index is 13.1. The van der Waals surface area contributed by atoms with Crippen molar-refractivity contribution in [3.05, 3.63) is 77.3 Å². The maximum atomic E-state index is 13.1. The van der Waals surface area contributed by atoms with Gasteiger partial charge in [0.15, 0.2) is 5.54 Å². The Labute approximate surface area is 199 Å². The molecule has 2 aromatic rings. The van der Waals surface area contributed by atoms with Gasteiger partial charge in [-0.2, -0.15) is 0 Å². The maximum Gasteiger partial charge on any atom is 0.266 e. The average molecular weight is 472 g/mol. The van der Waals surface area contributed by atoms with E-state index in [-0.39, 0.29) is 12.5 Å². The van der Waals surface area contributed by atoms with E-state index in [0.29, 0.717) is 49.1 Å². The second-order valence-electron chi connectivity index (χ2n) is 7.80. The molecule has 1 heterocycles. The largest absolute Gasteiger partial charge is 0.494 e. The summed E-state index contributed by atoms with van der Waals surface area (Å²) in [4.78, 5) is 17.8. The van der Waals surface area contributed by atoms with Crippen LogP contribution in [0, 0.1) is 0 Å². The number of nitrogens with one attached hydrogen (secondary N) is 2. The van der Waals surface area contributed by atoms with E-state index in [1.165, 1.54) is 0 Å². The van der Waals surface area contributed by atoms with E-state index in [1.807, 2.05) is 55.5 Å². The Kier molecular flexibility index (Phi) is 8.88. The Hall–Kier alpha value is -2.87. The number of nitrogens with zero attached hydrogens (tertiary/aromatic N) is 1. The van der Waals surface area contributed by atoms with E-state index in [1.54, 1.807) is 6.08 Å². The second kappa shape index (κ2) is 11.8. The number of aliphatic imine (C=N–C) groups is 1. The van der Waals surface area contributed by atoms with E-state index in [9.17, 15) is 4.79 Å². The number of carbonyl (C=O) groups excluding carboxylic acids is 1. The van der Waals surface area contributed by atoms with Gasteiger partial charge in [-0.1, -0.05) is 29.8 Å². The van der Waals surface area contributed by atoms with Crippen molar-refractivity contribution < 1.29 is 19.4 Å². The van der Waals surface area contributed by atoms with Gasteiger partial charge in [-0.3, -0.25) is 10.2 Å². The first-order chi connectivity index (χ1) is 16.0. The minimum atomic E-state index is -1.11. The van der Waals surface area contributed by atoms with Gasteiger partial charge in [0.2, 0.25) is 5.90 Å². The Balaban J connectivity index is 1.64. The van der Waals surface area contributed by atoms with Crippen LogP contribution in [0.15, 0.2) is 66.2 Å². The molecule has 0 bridgehead atoms. The van der Waals surface area contributed by atoms with Crippen molar-refractivity contribution in [3.8, 4) is 5.75 Å². The van der Waals surface area contributed by atoms with Crippen LogP contribution < -0.4 is 15.6 Å². The van der Waals surface area contributed by atoms with Crippen LogP contribution in [0.2, 0.25) is 5.02 Å². The summed E-state index contributed by atoms with van der Waals surface area (Å²) in [7, 11) is 0. The molecule has 0 radical (unpaired) electrons. The summed E-state index contributed by atoms with van der Waals surface area (Å²) in [6.45, 7) is 6.70. The van der Waals surface area contributed by atoms with Crippen molar-refractivity contribution in [2.75, 3.05) is 19.8 Å². The van der Waals surface area contributed by atoms with Crippen molar-refractivity contribution in [2.24, 2.45) is 4.99 Å². The molecule has 2 aromatic carbocycles. The fourth-order valence-corrected chi connectivity index (χ4v) is 3.77. The van der Waals surface area contributed by atoms with Crippen LogP contribution >= 0.6 is 11.6 Å². The number of amides is 1. The number of hydrazine groups is 1. The minimum Gasteiger partial charge on any atom is -0.494 e. The second-order valence-corrected chi connectivity index (χ2v) is 8.24. The summed E-state index contributed by atoms with van der Waals surface area (Å²) in [5, 5.41) is 9.55. The van der Waals surface area contributed by atoms with E-state index in [4.69, 9.17) is 31.2 Å². The number of hydrogen-bond acceptors (Lipinski definition) is 6. The lowest BCUT2D eigenvalue weighted by Crippen LogP contribution is -2.54. The molecule has 0 aromatic heterocycles. The van der Waals surface area contributed by atoms with Gasteiger partial charge in [-0.25, -0.2) is 10.4 Å². The molecule has 0 unspecified atom stereocenters. The molecule has 33 heavy (non-hydrogen) atoms. The summed E-state index contributed by atoms with van der Waals surface area (Å²) in [6.07, 6.45) is 2.82. The smallest absolute Gasteiger partial charge is 0.266 e. The Morgan fingerprint density at radius 3 is 2.82 bits per heavy atom. The molecule has 0 saturated carbocycles. The predicted octanol–water partition coefficient (Wildman–Crippen LogP) is 3.44. The van der Waals surface area contributed by atoms with Crippen LogP contribution in [0.3, 0.4) is 0 Å². The molecule has 3 rings (SSSR count). The lowest BCUT2D eigenvalue weighted by Gasteiger charge is -2.26. The van der Waals surface area contributed by atoms with Gasteiger partial charge >= 0.3 is 0 Å². The predicted molar refractivity (Wildman–Crippen MR) is 130 cm³/mol. The van der Waals surface area contributed by atoms with E-state index in [0.717, 1.165) is 11.1 Å². The van der Waals surface area contributed by atoms with Crippen LogP contribution in [0.4, 0.5) is 0 Å². The number of aliphatic hydroxyl groups excluding tert-OH is 1. The molecule has 7 nitrogen and oxygen atoms in total. The highest BCUT2D eigenvalue weighted by Gasteiger charge is 2.49. The van der Waals surface area contributed by atoms with Gasteiger partial charge in [-0.05, 0) is 55.3 Å². The molecular weight excluding hydrogens is 442 g/mol. The monoisotopic (exact) mass is 471 g/mol. The molecule has 176 valence electrons. The summed E-state index contributed by atoms with van der Waals surface area (Å²) in [5.41, 5.74) is 6.48. The summed E-state index contributed by atoms with van der Waals surface area (Å²) < 4.78 is 11.6. The number of carbonyl (C=O) groups is 1. The topological polar surface area (TPSA) is 92.2 Å². The van der Waals surface area contributed by atoms with Crippen LogP contribution in [0.1, 0.15) is 30.9 Å². The molecule has 2 atom stereocenters. The Morgan fingerprint density at radius 2 is 2.12 bits per heavy atom. The third kappa shape index (κ3) is 6.35. The van der Waals surface area contributed by atoms with E-state index >= 15 is 0 Å². The van der Waals surface area contributed by atoms with Crippen LogP contribution in [-0.2, 0) is 16.0 Å². The van der Waals surface area contributed by atoms with Crippen molar-refractivity contribution in [1.29, 1.82) is 0 Å². The average Bonchev–Trinajstić information content (AvgIpc) is 3.15. The molecular formula is C25H30ClN3O4. The highest BCUT2D eigenvalue weighted by atomic mass is 35.5. The Bertz CT molecular complexity index is 980. The number of ether oxygens (including phenoxy) is 2. The zero-order chi connectivity index (χ0) is 23.7. The number of halogens is 1. The first-order valence-corrected chi connectivity index (χ1v) is 11.4. The van der Waals surface area contributed by atoms with Gasteiger partial charge < -0.3 is 14.6 Å². The molecule has 0 aliphatic carbocycles. The molecule has 3 N–H and O–H groups in total. The molecule has 1 aliphatic rings. The SMILES string of the molecule is C=CC[C@]1(C(=O)NNCCc2cccc(Cl)c2)N=C(c2ccc(OCCCO)cc2)O[C@H]1C. The normalized spacial score (nSPS) is 19.5. The highest BCUT2D eigenvalue weighted by Crippen LogP contribution is 2.32. The minimum absolute atomic E-state index is 0.0868. The van der Waals surface area contributed by atoms with Gasteiger partial charge in [-0.15, -0.1) is 6.58 Å². The summed E-state index contributed by atoms with van der Waals surface area (Å²) >= 11 is 6.02. The lowest BCUT2D eigenvalue weighted by atomic mass is 9.90. The number of rotatable bonds is 12. The summed E-state index contributed by atoms with van der Waals surface area (Å²) in [6, 6.07) is 14.9. The summed E-state index contributed by atoms with van der Waals surface area (Å²) in [5.74, 6) is 0.818. The van der Waals surface area contributed by atoms with Crippen molar-refractivity contribution >= 4 is 23.4 Å². The fraction of sp³-hybridized carbons (Fsp3) is 0.360. The lowest BCUT2D eigenvalue weighted by molar-refractivity contribution is -0.129. The number of benzene rings is 2. The number of hydrogen-bond donors (Lipinski definition) is 3. The third-order valence-corrected chi connectivity index (χ3v) is 5.65. The van der Waals surface area contributed by atoms with Crippen LogP contribution in [-0.4, -0.2) is 48.3 Å². The first kappa shape index (κ1) is 24.8. The third-order valence-electron chi connectivity index (χ3n) is 5.41. The van der Waals surface area contributed by atoms with Gasteiger partial charge in [0, 0.05) is 36.6 Å². The van der Waals surface area contributed by atoms with Crippen LogP contribution in [0.5, 0.6) is 5.75 Å². The zero-order valence-corrected chi connectivity index (χ0v) is 19.5. The van der Waals surface area contributed by atoms with Crippen LogP contribution in [0.25, 0.3) is 0 Å². The van der Waals surface area contributed by atoms with E-state index < -0.39 is 11.6 Å². The number of aliphatic hydroxyl groups is 1. The first-order valence-electron chi connectivity index (χ1n) is 11.0.